The van der Waals surface area contributed by atoms with Crippen LogP contribution in [0.4, 0.5) is 108 Å². The summed E-state index contributed by atoms with van der Waals surface area (Å²) in [4.78, 5) is 93.4. The van der Waals surface area contributed by atoms with Crippen molar-refractivity contribution in [3.63, 3.8) is 0 Å². The molecule has 117 heavy (non-hydrogen) atoms. The van der Waals surface area contributed by atoms with Crippen molar-refractivity contribution < 1.29 is 279 Å². The van der Waals surface area contributed by atoms with E-state index >= 15 is 0 Å². The summed E-state index contributed by atoms with van der Waals surface area (Å²) in [6.45, 7) is 0. The predicted molar refractivity (Wildman–Crippen MR) is 446 cm³/mol. The van der Waals surface area contributed by atoms with Gasteiger partial charge in [0.1, 0.15) is 11.5 Å². The van der Waals surface area contributed by atoms with E-state index in [1.54, 1.807) is 60.7 Å². The molecule has 40 heteroatoms. The molecule has 3 amide bonds. The molecule has 612 valence electrons. The zero-order valence-electron chi connectivity index (χ0n) is 67.1. The molecule has 0 fully saturated rings. The molecule has 0 spiro atoms. The van der Waals surface area contributed by atoms with Gasteiger partial charge >= 0.3 is 35.3 Å². The first kappa shape index (κ1) is 119. The Labute approximate surface area is 854 Å². The third-order valence-corrected chi connectivity index (χ3v) is 13.8. The van der Waals surface area contributed by atoms with Crippen LogP contribution in [-0.4, -0.2) is 50.2 Å². The molecule has 10 aromatic rings. The van der Waals surface area contributed by atoms with Crippen molar-refractivity contribution in [1.29, 1.82) is 0 Å². The molecule has 2 atom stereocenters. The van der Waals surface area contributed by atoms with E-state index in [9.17, 15) is 53.9 Å². The summed E-state index contributed by atoms with van der Waals surface area (Å²) >= 11 is 9.46. The van der Waals surface area contributed by atoms with Gasteiger partial charge in [-0.1, -0.05) is 110 Å². The van der Waals surface area contributed by atoms with E-state index in [1.165, 1.54) is 83.2 Å². The first-order valence-electron chi connectivity index (χ1n) is 33.5. The van der Waals surface area contributed by atoms with Gasteiger partial charge in [-0.05, 0) is 189 Å². The first-order chi connectivity index (χ1) is 55.0. The summed E-state index contributed by atoms with van der Waals surface area (Å²) < 4.78 is 56.4. The van der Waals surface area contributed by atoms with Crippen LogP contribution in [0.2, 0.25) is 0 Å². The fraction of sp³-hybridized carbons (Fsp3) is 0.0649. The number of nitrogen functional groups attached to an aromatic ring is 1. The van der Waals surface area contributed by atoms with Crippen LogP contribution in [0.3, 0.4) is 0 Å². The Bertz CT molecular complexity index is 4350. The van der Waals surface area contributed by atoms with Crippen LogP contribution >= 0.6 is 42.0 Å². The van der Waals surface area contributed by atoms with Crippen molar-refractivity contribution in [2.24, 2.45) is 5.29 Å². The van der Waals surface area contributed by atoms with Gasteiger partial charge in [0.2, 0.25) is 0 Å². The van der Waals surface area contributed by atoms with E-state index in [4.69, 9.17) is 27.9 Å². The quantitative estimate of drug-likeness (QED) is 0.00500. The maximum Gasteiger partial charge on any atom is 0.481 e. The van der Waals surface area contributed by atoms with Crippen LogP contribution < -0.4 is 50.8 Å². The van der Waals surface area contributed by atoms with E-state index in [0.717, 1.165) is 39.8 Å². The number of nitrogens with one attached hydrogen (secondary N) is 4. The number of aliphatic hydroxyl groups excluding tert-OH is 1. The summed E-state index contributed by atoms with van der Waals surface area (Å²) in [6.07, 6.45) is -2.80. The van der Waals surface area contributed by atoms with Crippen LogP contribution in [0.1, 0.15) is 42.5 Å². The number of carbonyl (C=O) groups is 6. The summed E-state index contributed by atoms with van der Waals surface area (Å²) in [5.74, 6) is 0.329. The van der Waals surface area contributed by atoms with Crippen molar-refractivity contribution in [1.82, 2.24) is 0 Å². The molecule has 0 saturated carbocycles. The van der Waals surface area contributed by atoms with Crippen LogP contribution in [0, 0.1) is 67.8 Å². The van der Waals surface area contributed by atoms with Crippen molar-refractivity contribution in [2.45, 2.75) is 37.0 Å². The third-order valence-electron chi connectivity index (χ3n) is 12.4. The van der Waals surface area contributed by atoms with E-state index in [-0.39, 0.29) is 227 Å². The molecule has 7 N–H and O–H groups in total. The summed E-state index contributed by atoms with van der Waals surface area (Å²) in [6, 6.07) is 78.1. The van der Waals surface area contributed by atoms with E-state index < -0.39 is 45.1 Å². The molecule has 0 aliphatic carbocycles. The number of para-hydroxylation sites is 4. The average molecular weight is 2140 g/mol. The molecule has 10 aromatic carbocycles. The maximum absolute atomic E-state index is 11.0. The molecule has 0 aromatic heterocycles. The molecule has 2 unspecified atom stereocenters. The number of amides is 3. The van der Waals surface area contributed by atoms with Gasteiger partial charge in [-0.3, -0.25) is 36.2 Å². The number of nitro benzene ring substituents is 2. The molecule has 0 aliphatic rings. The SMILES string of the molecule is C.Nc1ccc(N(P)c2ccccc2)cc1.O=C(Cl)Oc1ccc([N+](=O)[O-])cc1.[3H]C.[3H]C.[3H]C.[3H]C.[CH2-]O.[CH2-]OC(=O)Cl.[CH2-]OC(=O)Nc1ccc(N(N=O)c2ccccc2)cc1.[CH2-]OC(=O)Nc1ccc(N(P)c2ccccc2)cc1.[CH2-]OC(=O)Nc1ccc(Nc2ccccc2)cc1.[CH2-]OC(=O)Oc1ccc([N+](=O)[O-])cc1.[Y].[Y].[Y].[Y].[Y].[Y]. The zero-order chi connectivity index (χ0) is 86.2. The number of anilines is 12. The van der Waals surface area contributed by atoms with Crippen molar-refractivity contribution in [3.05, 3.63) is 335 Å². The number of ether oxygens (including phenoxy) is 7. The standard InChI is InChI=1S/C14H12N3O3.C14H14N2O2P.C14H13N2O2.C12H13N2P.C8H6NO5.C7H4ClNO4.C2H2ClO2.CH3O.5CH4.6Y/c1-20-14(18)15-11-7-9-13(10-8-11)17(16-19)12-5-3-2-4-6-12;1-18-14(17)15-11-7-9-13(10-8-11)16(19)12-5-3-2-4-6-12;1-18-14(17)16-13-9-7-12(8-10-13)15-11-5-3-2-4-6-11;13-10-6-8-12(9-7-10)14(15)11-4-2-1-3-5-11;1-13-8(10)14-7-4-2-6(3-5-7)9(11)12;8-7(10)13-6-3-1-5(2-4-6)9(11)12;1-5-2(3)4;1-2;;;;;;;;;;;/h2-10H,1H2,(H,15,18);2-10H,1,19H2,(H,15,17);2-10,15H,1H2,(H,16,17);1-9H,13,15H2;2-5H,1H2;1-4H;1H2;2H,1H2;5*1H4;;;;;;/q3*-1;;-1;;2*-1;;;;;;;;;;;/i;;;;;;;;4*1T;;;;;;;. The molecule has 0 heterocycles. The zero-order valence-corrected chi connectivity index (χ0v) is 83.9. The van der Waals surface area contributed by atoms with Crippen LogP contribution in [0.15, 0.2) is 272 Å². The number of carbonyl (C=O) groups excluding carboxylic acids is 6. The van der Waals surface area contributed by atoms with E-state index in [0.29, 0.717) is 28.4 Å². The monoisotopic (exact) mass is 2140 g/mol. The number of nitrogens with zero attached hydrogens (tertiary/aromatic N) is 6. The van der Waals surface area contributed by atoms with Gasteiger partial charge in [-0.15, -0.1) is 4.91 Å². The molecule has 0 saturated heterocycles. The number of hydrogen-bond acceptors (Lipinski definition) is 24. The van der Waals surface area contributed by atoms with Gasteiger partial charge in [-0.25, -0.2) is 35.9 Å². The second-order valence-corrected chi connectivity index (χ2v) is 20.9. The van der Waals surface area contributed by atoms with Gasteiger partial charge in [0.15, 0.2) is 0 Å². The topological polar surface area (TPSA) is 387 Å². The van der Waals surface area contributed by atoms with Crippen molar-refractivity contribution in [3.8, 4) is 11.5 Å². The summed E-state index contributed by atoms with van der Waals surface area (Å²) in [5.41, 5.74) is 13.7. The molecule has 0 aliphatic heterocycles. The number of non-ortho nitro benzene ring substituents is 2. The van der Waals surface area contributed by atoms with Gasteiger partial charge in [-0.2, -0.15) is 40.6 Å². The number of benzene rings is 10. The minimum Gasteiger partial charge on any atom is -0.628 e. The van der Waals surface area contributed by atoms with Gasteiger partial charge < -0.3 is 58.7 Å². The van der Waals surface area contributed by atoms with Crippen LogP contribution in [-0.2, 0) is 220 Å². The number of aliphatic hydroxyl groups is 1. The van der Waals surface area contributed by atoms with E-state index in [2.05, 4.69) is 145 Å². The normalized spacial score (nSPS) is 8.71. The number of nitro groups is 2. The average Bonchev–Trinajstić information content (AvgIpc) is 0.923. The minimum atomic E-state index is -0.978. The Hall–Kier alpha value is -6.36. The van der Waals surface area contributed by atoms with Crippen LogP contribution in [0.25, 0.3) is 0 Å². The van der Waals surface area contributed by atoms with Gasteiger partial charge in [0.05, 0.1) is 26.5 Å². The number of halogens is 2. The Balaban J connectivity index is -0.000000171. The largest absolute Gasteiger partial charge is 0.628 e. The van der Waals surface area contributed by atoms with Crippen molar-refractivity contribution in [2.75, 3.05) is 41.4 Å². The third kappa shape index (κ3) is 53.8. The summed E-state index contributed by atoms with van der Waals surface area (Å²) in [5, 5.41) is 42.2. The van der Waals surface area contributed by atoms with Crippen molar-refractivity contribution >= 4 is 157 Å². The molecule has 0 bridgehead atoms. The fourth-order valence-corrected chi connectivity index (χ4v) is 8.37. The maximum atomic E-state index is 11.0. The van der Waals surface area contributed by atoms with Crippen LogP contribution in [0.5, 0.6) is 11.5 Å². The fourth-order valence-electron chi connectivity index (χ4n) is 7.59. The number of hydrogen-bond donors (Lipinski definition) is 6. The number of rotatable bonds is 16. The minimum absolute atomic E-state index is 0. The van der Waals surface area contributed by atoms with Gasteiger partial charge in [0.25, 0.3) is 11.4 Å². The number of nitroso groups, excluding NO2 is 1. The molecule has 6 radical (unpaired) electrons. The van der Waals surface area contributed by atoms with Gasteiger partial charge in [0, 0.05) is 306 Å². The Morgan fingerprint density at radius 2 is 0.650 bits per heavy atom. The molecular weight excluding hydrogens is 2050 g/mol. The van der Waals surface area contributed by atoms with E-state index in [1.807, 2.05) is 155 Å². The molecular formula is C77H87Cl2N11O19P2Y6-6. The summed E-state index contributed by atoms with van der Waals surface area (Å²) in [7, 11) is 27.2. The number of nitrogens with two attached hydrogens (primary N) is 1. The Morgan fingerprint density at radius 3 is 0.940 bits per heavy atom. The molecule has 10 rings (SSSR count). The Kier molecular flexibility index (Phi) is 77.2. The second kappa shape index (κ2) is 75.8. The second-order valence-electron chi connectivity index (χ2n) is 19.3. The smallest absolute Gasteiger partial charge is 0.481 e. The Morgan fingerprint density at radius 1 is 0.393 bits per heavy atom. The molecule has 30 nitrogen and oxygen atoms in total. The first-order valence-corrected chi connectivity index (χ1v) is 31.3. The predicted octanol–water partition coefficient (Wildman–Crippen LogP) is 23.5.